The smallest absolute Gasteiger partial charge is 0.264 e. The number of amides is 2. The van der Waals surface area contributed by atoms with Crippen LogP contribution >= 0.6 is 34.8 Å². The van der Waals surface area contributed by atoms with Crippen LogP contribution < -0.4 is 9.62 Å². The highest BCUT2D eigenvalue weighted by Crippen LogP contribution is 2.31. The van der Waals surface area contributed by atoms with Crippen molar-refractivity contribution < 1.29 is 18.0 Å². The van der Waals surface area contributed by atoms with Crippen LogP contribution in [-0.4, -0.2) is 43.3 Å². The molecule has 2 amide bonds. The van der Waals surface area contributed by atoms with Gasteiger partial charge in [0, 0.05) is 27.2 Å². The summed E-state index contributed by atoms with van der Waals surface area (Å²) in [5, 5.41) is 4.00. The summed E-state index contributed by atoms with van der Waals surface area (Å²) in [6.07, 6.45) is 0.278. The molecule has 3 aromatic carbocycles. The Morgan fingerprint density at radius 3 is 2.07 bits per heavy atom. The van der Waals surface area contributed by atoms with Gasteiger partial charge in [-0.2, -0.15) is 0 Å². The van der Waals surface area contributed by atoms with Gasteiger partial charge in [0.25, 0.3) is 10.0 Å². The lowest BCUT2D eigenvalue weighted by Gasteiger charge is -2.35. The molecule has 0 aliphatic carbocycles. The minimum absolute atomic E-state index is 0.0186. The number of nitrogens with zero attached hydrogens (tertiary/aromatic N) is 2. The van der Waals surface area contributed by atoms with Crippen molar-refractivity contribution in [1.82, 2.24) is 10.2 Å². The summed E-state index contributed by atoms with van der Waals surface area (Å²) in [7, 11) is -4.22. The molecule has 226 valence electrons. The van der Waals surface area contributed by atoms with E-state index in [0.717, 1.165) is 9.87 Å². The number of aryl methyl sites for hydroxylation is 2. The average molecular weight is 653 g/mol. The number of hydrogen-bond acceptors (Lipinski definition) is 4. The van der Waals surface area contributed by atoms with Crippen LogP contribution in [0.25, 0.3) is 0 Å². The third-order valence-electron chi connectivity index (χ3n) is 6.57. The highest BCUT2D eigenvalue weighted by atomic mass is 35.5. The first-order valence-electron chi connectivity index (χ1n) is 13.4. The standard InChI is InChI=1S/C31H36Cl3N3O4S/c1-7-27(30(39)35-31(4,5)6)36(18-22-11-13-23(32)16-26(22)34)29(38)19-37(28-17-24(33)12-10-21(28)3)42(40,41)25-14-8-20(2)9-15-25/h8-17,27H,7,18-19H2,1-6H3,(H,35,39). The quantitative estimate of drug-likeness (QED) is 0.251. The normalized spacial score (nSPS) is 12.5. The van der Waals surface area contributed by atoms with Crippen molar-refractivity contribution in [2.45, 2.75) is 71.0 Å². The first-order chi connectivity index (χ1) is 19.5. The molecule has 0 aliphatic rings. The second-order valence-electron chi connectivity index (χ2n) is 11.2. The molecule has 0 bridgehead atoms. The highest BCUT2D eigenvalue weighted by molar-refractivity contribution is 7.92. The number of carbonyl (C=O) groups is 2. The first-order valence-corrected chi connectivity index (χ1v) is 16.0. The van der Waals surface area contributed by atoms with E-state index in [1.807, 2.05) is 27.7 Å². The fourth-order valence-electron chi connectivity index (χ4n) is 4.41. The van der Waals surface area contributed by atoms with Crippen LogP contribution in [0.5, 0.6) is 0 Å². The van der Waals surface area contributed by atoms with Crippen molar-refractivity contribution >= 4 is 62.3 Å². The zero-order valence-corrected chi connectivity index (χ0v) is 27.6. The number of sulfonamides is 1. The molecule has 0 aliphatic heterocycles. The van der Waals surface area contributed by atoms with E-state index < -0.39 is 34.1 Å². The van der Waals surface area contributed by atoms with E-state index in [0.29, 0.717) is 26.2 Å². The Kier molecular flexibility index (Phi) is 11.0. The van der Waals surface area contributed by atoms with Crippen molar-refractivity contribution in [2.24, 2.45) is 0 Å². The molecule has 0 radical (unpaired) electrons. The van der Waals surface area contributed by atoms with Gasteiger partial charge in [-0.25, -0.2) is 8.42 Å². The molecule has 1 N–H and O–H groups in total. The summed E-state index contributed by atoms with van der Waals surface area (Å²) >= 11 is 18.9. The fraction of sp³-hybridized carbons (Fsp3) is 0.355. The van der Waals surface area contributed by atoms with Crippen molar-refractivity contribution in [2.75, 3.05) is 10.8 Å². The van der Waals surface area contributed by atoms with Gasteiger partial charge in [-0.05, 0) is 88.6 Å². The van der Waals surface area contributed by atoms with Crippen LogP contribution in [0.1, 0.15) is 50.8 Å². The molecule has 3 aromatic rings. The van der Waals surface area contributed by atoms with Gasteiger partial charge in [-0.3, -0.25) is 13.9 Å². The maximum Gasteiger partial charge on any atom is 0.264 e. The summed E-state index contributed by atoms with van der Waals surface area (Å²) in [6.45, 7) is 10.3. The monoisotopic (exact) mass is 651 g/mol. The molecular formula is C31H36Cl3N3O4S. The molecular weight excluding hydrogens is 617 g/mol. The SMILES string of the molecule is CCC(C(=O)NC(C)(C)C)N(Cc1ccc(Cl)cc1Cl)C(=O)CN(c1cc(Cl)ccc1C)S(=O)(=O)c1ccc(C)cc1. The third kappa shape index (κ3) is 8.40. The number of benzene rings is 3. The van der Waals surface area contributed by atoms with E-state index in [1.165, 1.54) is 23.1 Å². The van der Waals surface area contributed by atoms with Crippen LogP contribution in [0.15, 0.2) is 65.6 Å². The number of hydrogen-bond donors (Lipinski definition) is 1. The minimum atomic E-state index is -4.22. The second kappa shape index (κ2) is 13.7. The van der Waals surface area contributed by atoms with Crippen molar-refractivity contribution in [3.8, 4) is 0 Å². The van der Waals surface area contributed by atoms with Gasteiger partial charge in [-0.15, -0.1) is 0 Å². The summed E-state index contributed by atoms with van der Waals surface area (Å²) in [5.41, 5.74) is 1.75. The summed E-state index contributed by atoms with van der Waals surface area (Å²) in [5.74, 6) is -0.956. The van der Waals surface area contributed by atoms with Crippen molar-refractivity contribution in [1.29, 1.82) is 0 Å². The van der Waals surface area contributed by atoms with Gasteiger partial charge < -0.3 is 10.2 Å². The number of halogens is 3. The van der Waals surface area contributed by atoms with E-state index in [2.05, 4.69) is 5.32 Å². The van der Waals surface area contributed by atoms with Crippen molar-refractivity contribution in [3.63, 3.8) is 0 Å². The Balaban J connectivity index is 2.14. The lowest BCUT2D eigenvalue weighted by Crippen LogP contribution is -2.55. The molecule has 1 atom stereocenters. The summed E-state index contributed by atoms with van der Waals surface area (Å²) < 4.78 is 29.2. The van der Waals surface area contributed by atoms with Crippen LogP contribution in [0.3, 0.4) is 0 Å². The molecule has 42 heavy (non-hydrogen) atoms. The lowest BCUT2D eigenvalue weighted by atomic mass is 10.1. The molecule has 1 unspecified atom stereocenters. The Bertz CT molecular complexity index is 1550. The molecule has 0 spiro atoms. The molecule has 0 saturated carbocycles. The van der Waals surface area contributed by atoms with E-state index in [1.54, 1.807) is 56.3 Å². The molecule has 0 fully saturated rings. The minimum Gasteiger partial charge on any atom is -0.350 e. The van der Waals surface area contributed by atoms with Gasteiger partial charge >= 0.3 is 0 Å². The lowest BCUT2D eigenvalue weighted by molar-refractivity contribution is -0.141. The molecule has 7 nitrogen and oxygen atoms in total. The average Bonchev–Trinajstić information content (AvgIpc) is 2.89. The van der Waals surface area contributed by atoms with E-state index in [-0.39, 0.29) is 29.5 Å². The number of rotatable bonds is 10. The topological polar surface area (TPSA) is 86.8 Å². The molecule has 0 heterocycles. The largest absolute Gasteiger partial charge is 0.350 e. The molecule has 0 saturated heterocycles. The Hall–Kier alpha value is -2.78. The summed E-state index contributed by atoms with van der Waals surface area (Å²) in [6, 6.07) is 15.2. The number of anilines is 1. The Labute approximate surface area is 263 Å². The fourth-order valence-corrected chi connectivity index (χ4v) is 6.51. The highest BCUT2D eigenvalue weighted by Gasteiger charge is 2.35. The predicted molar refractivity (Wildman–Crippen MR) is 171 cm³/mol. The van der Waals surface area contributed by atoms with Gasteiger partial charge in [0.05, 0.1) is 10.6 Å². The zero-order chi connectivity index (χ0) is 31.4. The van der Waals surface area contributed by atoms with Gasteiger partial charge in [-0.1, -0.05) is 71.6 Å². The van der Waals surface area contributed by atoms with Crippen LogP contribution in [-0.2, 0) is 26.2 Å². The summed E-state index contributed by atoms with van der Waals surface area (Å²) in [4.78, 5) is 29.1. The number of carbonyl (C=O) groups excluding carboxylic acids is 2. The van der Waals surface area contributed by atoms with Crippen LogP contribution in [0.4, 0.5) is 5.69 Å². The molecule has 3 rings (SSSR count). The molecule has 11 heteroatoms. The van der Waals surface area contributed by atoms with E-state index >= 15 is 0 Å². The second-order valence-corrected chi connectivity index (χ2v) is 14.3. The zero-order valence-electron chi connectivity index (χ0n) is 24.5. The maximum absolute atomic E-state index is 14.2. The van der Waals surface area contributed by atoms with E-state index in [9.17, 15) is 18.0 Å². The van der Waals surface area contributed by atoms with Crippen LogP contribution in [0, 0.1) is 13.8 Å². The van der Waals surface area contributed by atoms with Crippen LogP contribution in [0.2, 0.25) is 15.1 Å². The van der Waals surface area contributed by atoms with Gasteiger partial charge in [0.1, 0.15) is 12.6 Å². The molecule has 0 aromatic heterocycles. The van der Waals surface area contributed by atoms with E-state index in [4.69, 9.17) is 34.8 Å². The first kappa shape index (κ1) is 33.7. The van der Waals surface area contributed by atoms with Crippen molar-refractivity contribution in [3.05, 3.63) is 92.4 Å². The third-order valence-corrected chi connectivity index (χ3v) is 9.16. The Morgan fingerprint density at radius 1 is 0.905 bits per heavy atom. The number of nitrogens with one attached hydrogen (secondary N) is 1. The Morgan fingerprint density at radius 2 is 1.50 bits per heavy atom. The maximum atomic E-state index is 14.2. The predicted octanol–water partition coefficient (Wildman–Crippen LogP) is 7.18. The van der Waals surface area contributed by atoms with Gasteiger partial charge in [0.2, 0.25) is 11.8 Å². The van der Waals surface area contributed by atoms with Gasteiger partial charge in [0.15, 0.2) is 0 Å².